The van der Waals surface area contributed by atoms with Crippen molar-refractivity contribution in [3.05, 3.63) is 58.1 Å². The van der Waals surface area contributed by atoms with Gasteiger partial charge in [-0.2, -0.15) is 0 Å². The van der Waals surface area contributed by atoms with Gasteiger partial charge in [0.2, 0.25) is 0 Å². The van der Waals surface area contributed by atoms with E-state index in [1.165, 1.54) is 0 Å². The fraction of sp³-hybridized carbons (Fsp3) is 0.0714. The molecule has 3 N–H and O–H groups in total. The van der Waals surface area contributed by atoms with E-state index >= 15 is 0 Å². The zero-order valence-corrected chi connectivity index (χ0v) is 11.5. The van der Waals surface area contributed by atoms with Crippen molar-refractivity contribution in [2.75, 3.05) is 0 Å². The molecule has 0 unspecified atom stereocenters. The Morgan fingerprint density at radius 3 is 2.44 bits per heavy atom. The molecule has 0 radical (unpaired) electrons. The molecule has 2 aromatic rings. The predicted octanol–water partition coefficient (Wildman–Crippen LogP) is 3.83. The number of hydrogen-bond acceptors (Lipinski definition) is 2. The quantitative estimate of drug-likeness (QED) is 0.668. The SMILES string of the molecule is Cc1ccc(C(=N)N)c(Oc2ccc(Br)cc2)c1. The number of halogens is 1. The highest BCUT2D eigenvalue weighted by molar-refractivity contribution is 9.10. The third-order valence-electron chi connectivity index (χ3n) is 2.47. The third-order valence-corrected chi connectivity index (χ3v) is 3.00. The average Bonchev–Trinajstić information content (AvgIpc) is 2.32. The lowest BCUT2D eigenvalue weighted by Gasteiger charge is -2.11. The molecule has 0 saturated heterocycles. The van der Waals surface area contributed by atoms with Crippen LogP contribution in [0.2, 0.25) is 0 Å². The molecule has 4 heteroatoms. The molecule has 3 nitrogen and oxygen atoms in total. The average molecular weight is 305 g/mol. The minimum atomic E-state index is 0.00196. The highest BCUT2D eigenvalue weighted by Crippen LogP contribution is 2.27. The number of nitrogens with two attached hydrogens (primary N) is 1. The summed E-state index contributed by atoms with van der Waals surface area (Å²) in [5, 5.41) is 7.54. The summed E-state index contributed by atoms with van der Waals surface area (Å²) in [7, 11) is 0. The number of ether oxygens (including phenoxy) is 1. The lowest BCUT2D eigenvalue weighted by molar-refractivity contribution is 0.481. The van der Waals surface area contributed by atoms with Gasteiger partial charge in [-0.15, -0.1) is 0 Å². The Kier molecular flexibility index (Phi) is 3.67. The van der Waals surface area contributed by atoms with Gasteiger partial charge >= 0.3 is 0 Å². The van der Waals surface area contributed by atoms with Crippen molar-refractivity contribution in [2.45, 2.75) is 6.92 Å². The smallest absolute Gasteiger partial charge is 0.138 e. The van der Waals surface area contributed by atoms with E-state index in [9.17, 15) is 0 Å². The van der Waals surface area contributed by atoms with Crippen molar-refractivity contribution in [2.24, 2.45) is 5.73 Å². The number of rotatable bonds is 3. The third kappa shape index (κ3) is 2.90. The molecule has 0 aliphatic carbocycles. The van der Waals surface area contributed by atoms with Crippen molar-refractivity contribution in [3.63, 3.8) is 0 Å². The van der Waals surface area contributed by atoms with Crippen LogP contribution in [0.5, 0.6) is 11.5 Å². The summed E-state index contributed by atoms with van der Waals surface area (Å²) in [4.78, 5) is 0. The molecule has 92 valence electrons. The molecule has 0 bridgehead atoms. The molecule has 0 aliphatic rings. The van der Waals surface area contributed by atoms with E-state index in [0.717, 1.165) is 10.0 Å². The summed E-state index contributed by atoms with van der Waals surface area (Å²) < 4.78 is 6.76. The lowest BCUT2D eigenvalue weighted by Crippen LogP contribution is -2.12. The largest absolute Gasteiger partial charge is 0.457 e. The maximum absolute atomic E-state index is 7.54. The molecule has 0 spiro atoms. The zero-order chi connectivity index (χ0) is 13.1. The summed E-state index contributed by atoms with van der Waals surface area (Å²) in [6.45, 7) is 1.97. The Morgan fingerprint density at radius 2 is 1.83 bits per heavy atom. The molecule has 0 fully saturated rings. The van der Waals surface area contributed by atoms with Crippen LogP contribution < -0.4 is 10.5 Å². The molecule has 0 aliphatic heterocycles. The summed E-state index contributed by atoms with van der Waals surface area (Å²) in [5.41, 5.74) is 7.20. The van der Waals surface area contributed by atoms with Crippen molar-refractivity contribution in [3.8, 4) is 11.5 Å². The number of nitrogens with one attached hydrogen (secondary N) is 1. The van der Waals surface area contributed by atoms with Gasteiger partial charge in [-0.05, 0) is 48.9 Å². The van der Waals surface area contributed by atoms with E-state index < -0.39 is 0 Å². The van der Waals surface area contributed by atoms with Crippen LogP contribution in [0.3, 0.4) is 0 Å². The first-order valence-corrected chi connectivity index (χ1v) is 6.24. The number of benzene rings is 2. The first kappa shape index (κ1) is 12.6. The van der Waals surface area contributed by atoms with Gasteiger partial charge in [0.25, 0.3) is 0 Å². The monoisotopic (exact) mass is 304 g/mol. The number of amidine groups is 1. The maximum Gasteiger partial charge on any atom is 0.138 e. The molecular formula is C14H13BrN2O. The molecule has 0 amide bonds. The standard InChI is InChI=1S/C14H13BrN2O/c1-9-2-7-12(14(16)17)13(8-9)18-11-5-3-10(15)4-6-11/h2-8H,1H3,(H3,16,17). The van der Waals surface area contributed by atoms with Crippen LogP contribution >= 0.6 is 15.9 Å². The number of nitrogen functional groups attached to an aromatic ring is 1. The van der Waals surface area contributed by atoms with Crippen LogP contribution in [0.4, 0.5) is 0 Å². The Morgan fingerprint density at radius 1 is 1.17 bits per heavy atom. The fourth-order valence-electron chi connectivity index (χ4n) is 1.57. The number of hydrogen-bond donors (Lipinski definition) is 2. The zero-order valence-electron chi connectivity index (χ0n) is 9.91. The van der Waals surface area contributed by atoms with Gasteiger partial charge in [0.15, 0.2) is 0 Å². The Balaban J connectivity index is 2.35. The van der Waals surface area contributed by atoms with Crippen molar-refractivity contribution in [1.29, 1.82) is 5.41 Å². The molecule has 2 aromatic carbocycles. The van der Waals surface area contributed by atoms with Gasteiger partial charge < -0.3 is 10.5 Å². The van der Waals surface area contributed by atoms with Crippen LogP contribution in [0, 0.1) is 12.3 Å². The minimum absolute atomic E-state index is 0.00196. The van der Waals surface area contributed by atoms with E-state index in [1.54, 1.807) is 6.07 Å². The lowest BCUT2D eigenvalue weighted by atomic mass is 10.1. The summed E-state index contributed by atoms with van der Waals surface area (Å²) in [5.74, 6) is 1.32. The first-order chi connectivity index (χ1) is 8.56. The van der Waals surface area contributed by atoms with Crippen LogP contribution in [0.1, 0.15) is 11.1 Å². The molecule has 0 heterocycles. The second-order valence-corrected chi connectivity index (χ2v) is 4.88. The second-order valence-electron chi connectivity index (χ2n) is 3.97. The maximum atomic E-state index is 7.54. The van der Waals surface area contributed by atoms with Gasteiger partial charge in [-0.1, -0.05) is 22.0 Å². The molecular weight excluding hydrogens is 292 g/mol. The van der Waals surface area contributed by atoms with Gasteiger partial charge in [0.05, 0.1) is 5.56 Å². The van der Waals surface area contributed by atoms with Crippen molar-refractivity contribution < 1.29 is 4.74 Å². The van der Waals surface area contributed by atoms with Crippen LogP contribution in [0.15, 0.2) is 46.9 Å². The summed E-state index contributed by atoms with van der Waals surface area (Å²) in [6.07, 6.45) is 0. The Bertz CT molecular complexity index is 579. The molecule has 0 saturated carbocycles. The van der Waals surface area contributed by atoms with Crippen molar-refractivity contribution in [1.82, 2.24) is 0 Å². The van der Waals surface area contributed by atoms with E-state index in [2.05, 4.69) is 15.9 Å². The van der Waals surface area contributed by atoms with Crippen LogP contribution in [-0.2, 0) is 0 Å². The molecule has 0 atom stereocenters. The molecule has 18 heavy (non-hydrogen) atoms. The fourth-order valence-corrected chi connectivity index (χ4v) is 1.83. The highest BCUT2D eigenvalue weighted by Gasteiger charge is 2.08. The predicted molar refractivity (Wildman–Crippen MR) is 76.4 cm³/mol. The van der Waals surface area contributed by atoms with Gasteiger partial charge in [-0.25, -0.2) is 0 Å². The Labute approximate surface area is 114 Å². The second kappa shape index (κ2) is 5.23. The van der Waals surface area contributed by atoms with E-state index in [4.69, 9.17) is 15.9 Å². The van der Waals surface area contributed by atoms with E-state index in [1.807, 2.05) is 43.3 Å². The molecule has 2 rings (SSSR count). The van der Waals surface area contributed by atoms with Crippen molar-refractivity contribution >= 4 is 21.8 Å². The normalized spacial score (nSPS) is 10.1. The molecule has 0 aromatic heterocycles. The van der Waals surface area contributed by atoms with Gasteiger partial charge in [-0.3, -0.25) is 5.41 Å². The van der Waals surface area contributed by atoms with Gasteiger partial charge in [0.1, 0.15) is 17.3 Å². The van der Waals surface area contributed by atoms with Crippen LogP contribution in [0.25, 0.3) is 0 Å². The minimum Gasteiger partial charge on any atom is -0.457 e. The summed E-state index contributed by atoms with van der Waals surface area (Å²) >= 11 is 3.37. The van der Waals surface area contributed by atoms with E-state index in [-0.39, 0.29) is 5.84 Å². The van der Waals surface area contributed by atoms with Gasteiger partial charge in [0, 0.05) is 4.47 Å². The first-order valence-electron chi connectivity index (χ1n) is 5.45. The highest BCUT2D eigenvalue weighted by atomic mass is 79.9. The van der Waals surface area contributed by atoms with Crippen LogP contribution in [-0.4, -0.2) is 5.84 Å². The Hall–Kier alpha value is -1.81. The topological polar surface area (TPSA) is 59.1 Å². The number of aryl methyl sites for hydroxylation is 1. The van der Waals surface area contributed by atoms with E-state index in [0.29, 0.717) is 17.1 Å². The summed E-state index contributed by atoms with van der Waals surface area (Å²) in [6, 6.07) is 13.1.